The van der Waals surface area contributed by atoms with Crippen molar-refractivity contribution in [2.24, 2.45) is 0 Å². The topological polar surface area (TPSA) is 46.5 Å². The number of unbranched alkanes of at least 4 members (excludes halogenated alkanes) is 1. The molecule has 1 atom stereocenters. The molecule has 0 bridgehead atoms. The van der Waals surface area contributed by atoms with Gasteiger partial charge in [0.1, 0.15) is 0 Å². The molecule has 0 amide bonds. The van der Waals surface area contributed by atoms with Gasteiger partial charge in [0.05, 0.1) is 12.3 Å². The van der Waals surface area contributed by atoms with Gasteiger partial charge in [-0.15, -0.1) is 0 Å². The van der Waals surface area contributed by atoms with Crippen LogP contribution in [0.2, 0.25) is 0 Å². The molecule has 1 N–H and O–H groups in total. The van der Waals surface area contributed by atoms with Crippen LogP contribution in [-0.2, 0) is 25.9 Å². The molecule has 0 aliphatic heterocycles. The summed E-state index contributed by atoms with van der Waals surface area (Å²) in [6.45, 7) is 5.78. The Hall–Kier alpha value is 0.656. The van der Waals surface area contributed by atoms with Gasteiger partial charge in [0.2, 0.25) is 0 Å². The van der Waals surface area contributed by atoms with Gasteiger partial charge in [0, 0.05) is 16.8 Å². The van der Waals surface area contributed by atoms with Gasteiger partial charge in [-0.1, -0.05) is 27.2 Å². The molecule has 0 fully saturated rings. The third-order valence-corrected chi connectivity index (χ3v) is 3.28. The van der Waals surface area contributed by atoms with E-state index in [1.165, 1.54) is 0 Å². The molecule has 0 aromatic carbocycles. The van der Waals surface area contributed by atoms with E-state index in [2.05, 4.69) is 0 Å². The molecule has 0 aromatic rings. The van der Waals surface area contributed by atoms with Crippen molar-refractivity contribution >= 4 is 7.60 Å². The largest absolute Gasteiger partial charge is 0.330 e. The van der Waals surface area contributed by atoms with Crippen LogP contribution in [0, 0.1) is 0 Å². The number of hydrogen-bond donors (Lipinski definition) is 1. The third kappa shape index (κ3) is 6.20. The maximum atomic E-state index is 11.1. The van der Waals surface area contributed by atoms with Gasteiger partial charge in [-0.2, -0.15) is 0 Å². The van der Waals surface area contributed by atoms with E-state index in [-0.39, 0.29) is 22.4 Å². The van der Waals surface area contributed by atoms with Crippen LogP contribution in [0.15, 0.2) is 0 Å². The van der Waals surface area contributed by atoms with Crippen molar-refractivity contribution in [1.82, 2.24) is 0 Å². The second-order valence-electron chi connectivity index (χ2n) is 2.84. The molecule has 12 heavy (non-hydrogen) atoms. The normalized spacial score (nSPS) is 15.4. The SMILES string of the molecule is CCCCOP(=O)(O)C(C)C.[Co]. The van der Waals surface area contributed by atoms with E-state index in [0.29, 0.717) is 6.61 Å². The Morgan fingerprint density at radius 1 is 1.50 bits per heavy atom. The minimum Gasteiger partial charge on any atom is -0.324 e. The van der Waals surface area contributed by atoms with E-state index in [4.69, 9.17) is 9.42 Å². The Labute approximate surface area is 84.6 Å². The van der Waals surface area contributed by atoms with Crippen molar-refractivity contribution in [2.45, 2.75) is 39.3 Å². The van der Waals surface area contributed by atoms with Crippen molar-refractivity contribution in [3.8, 4) is 0 Å². The summed E-state index contributed by atoms with van der Waals surface area (Å²) in [5.41, 5.74) is -0.292. The van der Waals surface area contributed by atoms with E-state index in [0.717, 1.165) is 12.8 Å². The molecule has 0 aliphatic carbocycles. The van der Waals surface area contributed by atoms with Gasteiger partial charge in [-0.05, 0) is 6.42 Å². The Morgan fingerprint density at radius 2 is 2.00 bits per heavy atom. The fourth-order valence-corrected chi connectivity index (χ4v) is 1.18. The Balaban J connectivity index is 0. The van der Waals surface area contributed by atoms with Gasteiger partial charge in [0.15, 0.2) is 0 Å². The minimum absolute atomic E-state index is 0. The zero-order chi connectivity index (χ0) is 8.91. The molecule has 0 saturated carbocycles. The molecule has 1 radical (unpaired) electrons. The summed E-state index contributed by atoms with van der Waals surface area (Å²) in [5, 5.41) is 0. The van der Waals surface area contributed by atoms with E-state index < -0.39 is 7.60 Å². The molecule has 0 spiro atoms. The van der Waals surface area contributed by atoms with Crippen molar-refractivity contribution in [1.29, 1.82) is 0 Å². The molecule has 5 heteroatoms. The fraction of sp³-hybridized carbons (Fsp3) is 1.00. The van der Waals surface area contributed by atoms with Crippen LogP contribution >= 0.6 is 7.60 Å². The zero-order valence-electron chi connectivity index (χ0n) is 7.74. The molecule has 3 nitrogen and oxygen atoms in total. The van der Waals surface area contributed by atoms with Crippen LogP contribution in [-0.4, -0.2) is 17.2 Å². The van der Waals surface area contributed by atoms with Crippen LogP contribution in [0.1, 0.15) is 33.6 Å². The van der Waals surface area contributed by atoms with Crippen molar-refractivity contribution in [3.05, 3.63) is 0 Å². The summed E-state index contributed by atoms with van der Waals surface area (Å²) in [4.78, 5) is 9.15. The Bertz CT molecular complexity index is 150. The van der Waals surface area contributed by atoms with Crippen LogP contribution < -0.4 is 0 Å². The monoisotopic (exact) mass is 239 g/mol. The maximum Gasteiger partial charge on any atom is 0.330 e. The first-order valence-corrected chi connectivity index (χ1v) is 5.62. The average Bonchev–Trinajstić information content (AvgIpc) is 1.88. The molecule has 0 saturated heterocycles. The summed E-state index contributed by atoms with van der Waals surface area (Å²) in [6, 6.07) is 0. The summed E-state index contributed by atoms with van der Waals surface area (Å²) >= 11 is 0. The summed E-state index contributed by atoms with van der Waals surface area (Å²) in [5.74, 6) is 0. The fourth-order valence-electron chi connectivity index (χ4n) is 0.489. The van der Waals surface area contributed by atoms with Gasteiger partial charge in [-0.25, -0.2) is 0 Å². The average molecular weight is 239 g/mol. The molecular formula is C7H17CoO3P. The van der Waals surface area contributed by atoms with Crippen LogP contribution in [0.25, 0.3) is 0 Å². The summed E-state index contributed by atoms with van der Waals surface area (Å²) < 4.78 is 16.0. The van der Waals surface area contributed by atoms with Crippen LogP contribution in [0.4, 0.5) is 0 Å². The first kappa shape index (κ1) is 15.1. The molecule has 1 unspecified atom stereocenters. The van der Waals surface area contributed by atoms with Gasteiger partial charge < -0.3 is 9.42 Å². The maximum absolute atomic E-state index is 11.1. The quantitative estimate of drug-likeness (QED) is 0.591. The zero-order valence-corrected chi connectivity index (χ0v) is 9.68. The number of hydrogen-bond acceptors (Lipinski definition) is 2. The van der Waals surface area contributed by atoms with E-state index in [9.17, 15) is 4.57 Å². The molecule has 0 aliphatic rings. The van der Waals surface area contributed by atoms with E-state index in [1.807, 2.05) is 6.92 Å². The predicted molar refractivity (Wildman–Crippen MR) is 45.8 cm³/mol. The first-order valence-electron chi connectivity index (χ1n) is 3.97. The van der Waals surface area contributed by atoms with Crippen LogP contribution in [0.3, 0.4) is 0 Å². The Morgan fingerprint density at radius 3 is 2.33 bits per heavy atom. The van der Waals surface area contributed by atoms with Gasteiger partial charge in [-0.3, -0.25) is 4.57 Å². The van der Waals surface area contributed by atoms with Gasteiger partial charge >= 0.3 is 7.60 Å². The summed E-state index contributed by atoms with van der Waals surface area (Å²) in [6.07, 6.45) is 1.83. The molecule has 77 valence electrons. The molecule has 0 rings (SSSR count). The second-order valence-corrected chi connectivity index (χ2v) is 5.26. The van der Waals surface area contributed by atoms with Crippen molar-refractivity contribution in [2.75, 3.05) is 6.61 Å². The summed E-state index contributed by atoms with van der Waals surface area (Å²) in [7, 11) is -3.29. The second kappa shape index (κ2) is 7.10. The molecular weight excluding hydrogens is 222 g/mol. The minimum atomic E-state index is -3.29. The predicted octanol–water partition coefficient (Wildman–Crippen LogP) is 2.39. The molecule has 0 heterocycles. The first-order chi connectivity index (χ1) is 5.00. The molecule has 0 aromatic heterocycles. The van der Waals surface area contributed by atoms with E-state index in [1.54, 1.807) is 13.8 Å². The van der Waals surface area contributed by atoms with Crippen molar-refractivity contribution < 1.29 is 30.8 Å². The Kier molecular flexibility index (Phi) is 8.96. The smallest absolute Gasteiger partial charge is 0.324 e. The van der Waals surface area contributed by atoms with Gasteiger partial charge in [0.25, 0.3) is 0 Å². The van der Waals surface area contributed by atoms with Crippen LogP contribution in [0.5, 0.6) is 0 Å². The third-order valence-electron chi connectivity index (χ3n) is 1.43. The number of rotatable bonds is 5. The van der Waals surface area contributed by atoms with E-state index >= 15 is 0 Å². The van der Waals surface area contributed by atoms with Crippen molar-refractivity contribution in [3.63, 3.8) is 0 Å². The standard InChI is InChI=1S/C7H17O3P.Co/c1-4-5-6-10-11(8,9)7(2)3;/h7H,4-6H2,1-3H3,(H,8,9);.